The molecule has 110 valence electrons. The second-order valence-electron chi connectivity index (χ2n) is 5.49. The van der Waals surface area contributed by atoms with Gasteiger partial charge in [-0.15, -0.1) is 0 Å². The van der Waals surface area contributed by atoms with Crippen LogP contribution in [0.2, 0.25) is 0 Å². The van der Waals surface area contributed by atoms with Gasteiger partial charge in [-0.25, -0.2) is 4.79 Å². The fourth-order valence-electron chi connectivity index (χ4n) is 2.77. The van der Waals surface area contributed by atoms with Crippen molar-refractivity contribution in [2.75, 3.05) is 0 Å². The molecule has 2 rings (SSSR count). The Hall–Kier alpha value is -1.78. The average Bonchev–Trinajstić information content (AvgIpc) is 3.16. The summed E-state index contributed by atoms with van der Waals surface area (Å²) in [7, 11) is 0. The number of carboxylic acids is 1. The highest BCUT2D eigenvalue weighted by molar-refractivity contribution is 5.98. The minimum absolute atomic E-state index is 0.0817. The van der Waals surface area contributed by atoms with E-state index < -0.39 is 12.0 Å². The number of nitrogens with zero attached hydrogens (tertiary/aromatic N) is 2. The Kier molecular flexibility index (Phi) is 3.88. The molecule has 1 saturated carbocycles. The highest BCUT2D eigenvalue weighted by atomic mass is 16.4. The topological polar surface area (TPSA) is 62.5 Å². The van der Waals surface area contributed by atoms with Gasteiger partial charge in [0.15, 0.2) is 0 Å². The molecule has 1 unspecified atom stereocenters. The summed E-state index contributed by atoms with van der Waals surface area (Å²) < 4.78 is 2.07. The van der Waals surface area contributed by atoms with Crippen LogP contribution in [0.5, 0.6) is 0 Å². The van der Waals surface area contributed by atoms with Crippen LogP contribution in [-0.4, -0.2) is 38.5 Å². The van der Waals surface area contributed by atoms with E-state index in [0.717, 1.165) is 30.8 Å². The molecule has 0 bridgehead atoms. The second-order valence-corrected chi connectivity index (χ2v) is 5.49. The van der Waals surface area contributed by atoms with Gasteiger partial charge in [-0.2, -0.15) is 0 Å². The van der Waals surface area contributed by atoms with Gasteiger partial charge in [0.1, 0.15) is 6.04 Å². The van der Waals surface area contributed by atoms with E-state index in [4.69, 9.17) is 0 Å². The number of aromatic nitrogens is 1. The summed E-state index contributed by atoms with van der Waals surface area (Å²) in [5.41, 5.74) is 2.58. The molecule has 0 aromatic carbocycles. The Morgan fingerprint density at radius 2 is 2.05 bits per heavy atom. The van der Waals surface area contributed by atoms with E-state index in [2.05, 4.69) is 4.57 Å². The van der Waals surface area contributed by atoms with E-state index >= 15 is 0 Å². The van der Waals surface area contributed by atoms with Crippen LogP contribution in [0.15, 0.2) is 6.07 Å². The van der Waals surface area contributed by atoms with E-state index in [1.54, 1.807) is 6.92 Å². The molecule has 5 heteroatoms. The molecule has 0 spiro atoms. The molecule has 0 saturated heterocycles. The molecule has 1 aromatic rings. The van der Waals surface area contributed by atoms with Crippen LogP contribution in [0.1, 0.15) is 48.4 Å². The van der Waals surface area contributed by atoms with Crippen LogP contribution in [0.25, 0.3) is 0 Å². The fourth-order valence-corrected chi connectivity index (χ4v) is 2.77. The lowest BCUT2D eigenvalue weighted by Gasteiger charge is -2.26. The molecule has 1 N–H and O–H groups in total. The predicted molar refractivity (Wildman–Crippen MR) is 75.9 cm³/mol. The summed E-state index contributed by atoms with van der Waals surface area (Å²) in [6, 6.07) is 1.17. The number of aliphatic carboxylic acids is 1. The van der Waals surface area contributed by atoms with Gasteiger partial charge in [-0.05, 0) is 46.6 Å². The molecule has 1 aromatic heterocycles. The van der Waals surface area contributed by atoms with Gasteiger partial charge < -0.3 is 14.6 Å². The maximum atomic E-state index is 12.7. The maximum Gasteiger partial charge on any atom is 0.326 e. The summed E-state index contributed by atoms with van der Waals surface area (Å²) >= 11 is 0. The maximum absolute atomic E-state index is 12.7. The van der Waals surface area contributed by atoms with Crippen molar-refractivity contribution in [2.24, 2.45) is 0 Å². The van der Waals surface area contributed by atoms with Gasteiger partial charge in [0.05, 0.1) is 5.56 Å². The summed E-state index contributed by atoms with van der Waals surface area (Å²) in [5, 5.41) is 9.20. The van der Waals surface area contributed by atoms with Crippen LogP contribution >= 0.6 is 0 Å². The number of hydrogen-bond acceptors (Lipinski definition) is 2. The van der Waals surface area contributed by atoms with E-state index in [1.807, 2.05) is 26.8 Å². The van der Waals surface area contributed by atoms with Crippen LogP contribution in [0.4, 0.5) is 0 Å². The van der Waals surface area contributed by atoms with Crippen molar-refractivity contribution in [3.63, 3.8) is 0 Å². The van der Waals surface area contributed by atoms with Gasteiger partial charge in [-0.1, -0.05) is 0 Å². The lowest BCUT2D eigenvalue weighted by molar-refractivity contribution is -0.141. The lowest BCUT2D eigenvalue weighted by Crippen LogP contribution is -2.44. The minimum atomic E-state index is -0.949. The zero-order valence-corrected chi connectivity index (χ0v) is 12.5. The van der Waals surface area contributed by atoms with Gasteiger partial charge in [0, 0.05) is 24.0 Å². The normalized spacial score (nSPS) is 16.0. The Morgan fingerprint density at radius 3 is 2.45 bits per heavy atom. The number of amides is 1. The molecular formula is C15H22N2O3. The summed E-state index contributed by atoms with van der Waals surface area (Å²) in [4.78, 5) is 25.5. The molecular weight excluding hydrogens is 256 g/mol. The SMILES string of the molecule is CCn1c(C)cc(C(=O)N(C2CC2)C(C)C(=O)O)c1C. The lowest BCUT2D eigenvalue weighted by atomic mass is 10.1. The zero-order chi connectivity index (χ0) is 15.0. The van der Waals surface area contributed by atoms with Crippen molar-refractivity contribution in [2.45, 2.75) is 59.2 Å². The van der Waals surface area contributed by atoms with E-state index in [0.29, 0.717) is 5.56 Å². The van der Waals surface area contributed by atoms with Crippen molar-refractivity contribution in [3.8, 4) is 0 Å². The fraction of sp³-hybridized carbons (Fsp3) is 0.600. The minimum Gasteiger partial charge on any atom is -0.480 e. The first-order valence-electron chi connectivity index (χ1n) is 7.10. The van der Waals surface area contributed by atoms with Gasteiger partial charge in [0.25, 0.3) is 5.91 Å². The first kappa shape index (κ1) is 14.6. The summed E-state index contributed by atoms with van der Waals surface area (Å²) in [6.07, 6.45) is 1.80. The van der Waals surface area contributed by atoms with E-state index in [-0.39, 0.29) is 11.9 Å². The molecule has 1 amide bonds. The number of rotatable bonds is 5. The number of aryl methyl sites for hydroxylation is 1. The molecule has 1 fully saturated rings. The highest BCUT2D eigenvalue weighted by Gasteiger charge is 2.39. The Balaban J connectivity index is 2.35. The molecule has 1 aliphatic rings. The molecule has 1 atom stereocenters. The highest BCUT2D eigenvalue weighted by Crippen LogP contribution is 2.31. The van der Waals surface area contributed by atoms with Crippen LogP contribution < -0.4 is 0 Å². The standard InChI is InChI=1S/C15H22N2O3/c1-5-16-9(2)8-13(10(16)3)14(18)17(12-6-7-12)11(4)15(19)20/h8,11-12H,5-7H2,1-4H3,(H,19,20). The molecule has 1 aliphatic carbocycles. The monoisotopic (exact) mass is 278 g/mol. The molecule has 1 heterocycles. The zero-order valence-electron chi connectivity index (χ0n) is 12.5. The van der Waals surface area contributed by atoms with Crippen molar-refractivity contribution >= 4 is 11.9 Å². The molecule has 20 heavy (non-hydrogen) atoms. The third-order valence-corrected chi connectivity index (χ3v) is 4.07. The molecule has 5 nitrogen and oxygen atoms in total. The number of carboxylic acid groups (broad SMARTS) is 1. The van der Waals surface area contributed by atoms with Gasteiger partial charge in [0.2, 0.25) is 0 Å². The van der Waals surface area contributed by atoms with Crippen molar-refractivity contribution in [1.82, 2.24) is 9.47 Å². The Bertz CT molecular complexity index is 544. The average molecular weight is 278 g/mol. The van der Waals surface area contributed by atoms with Gasteiger partial charge >= 0.3 is 5.97 Å². The quantitative estimate of drug-likeness (QED) is 0.898. The Morgan fingerprint density at radius 1 is 1.45 bits per heavy atom. The van der Waals surface area contributed by atoms with E-state index in [9.17, 15) is 14.7 Å². The first-order valence-corrected chi connectivity index (χ1v) is 7.10. The number of carbonyl (C=O) groups excluding carboxylic acids is 1. The largest absolute Gasteiger partial charge is 0.480 e. The summed E-state index contributed by atoms with van der Waals surface area (Å²) in [6.45, 7) is 8.31. The van der Waals surface area contributed by atoms with Crippen molar-refractivity contribution < 1.29 is 14.7 Å². The number of carbonyl (C=O) groups is 2. The summed E-state index contributed by atoms with van der Waals surface area (Å²) in [5.74, 6) is -1.11. The predicted octanol–water partition coefficient (Wildman–Crippen LogP) is 2.20. The van der Waals surface area contributed by atoms with Crippen LogP contribution in [0, 0.1) is 13.8 Å². The third-order valence-electron chi connectivity index (χ3n) is 4.07. The van der Waals surface area contributed by atoms with Crippen molar-refractivity contribution in [1.29, 1.82) is 0 Å². The molecule has 0 aliphatic heterocycles. The first-order chi connectivity index (χ1) is 9.38. The van der Waals surface area contributed by atoms with Crippen LogP contribution in [0.3, 0.4) is 0 Å². The number of hydrogen-bond donors (Lipinski definition) is 1. The van der Waals surface area contributed by atoms with Crippen molar-refractivity contribution in [3.05, 3.63) is 23.0 Å². The van der Waals surface area contributed by atoms with E-state index in [1.165, 1.54) is 4.90 Å². The third kappa shape index (κ3) is 2.44. The smallest absolute Gasteiger partial charge is 0.326 e. The molecule has 0 radical (unpaired) electrons. The second kappa shape index (κ2) is 5.31. The van der Waals surface area contributed by atoms with Crippen LogP contribution in [-0.2, 0) is 11.3 Å². The van der Waals surface area contributed by atoms with Gasteiger partial charge in [-0.3, -0.25) is 4.79 Å². The Labute approximate surface area is 119 Å².